The van der Waals surface area contributed by atoms with Crippen LogP contribution in [-0.2, 0) is 6.42 Å². The lowest BCUT2D eigenvalue weighted by molar-refractivity contribution is 0.0923. The van der Waals surface area contributed by atoms with Crippen LogP contribution in [0, 0.1) is 13.8 Å². The zero-order valence-electron chi connectivity index (χ0n) is 17.9. The zero-order chi connectivity index (χ0) is 20.8. The summed E-state index contributed by atoms with van der Waals surface area (Å²) < 4.78 is 0. The first-order chi connectivity index (χ1) is 14.0. The third-order valence-corrected chi connectivity index (χ3v) is 6.27. The molecule has 0 spiro atoms. The maximum atomic E-state index is 12.5. The van der Waals surface area contributed by atoms with Gasteiger partial charge in [-0.2, -0.15) is 0 Å². The molecule has 2 aromatic heterocycles. The van der Waals surface area contributed by atoms with Gasteiger partial charge in [0.15, 0.2) is 0 Å². The van der Waals surface area contributed by atoms with Crippen LogP contribution in [0.4, 0.5) is 5.69 Å². The molecule has 0 aromatic carbocycles. The number of carbonyl (C=O) groups is 1. The van der Waals surface area contributed by atoms with E-state index >= 15 is 0 Å². The van der Waals surface area contributed by atoms with E-state index in [1.807, 2.05) is 30.6 Å². The van der Waals surface area contributed by atoms with Gasteiger partial charge in [0.05, 0.1) is 28.4 Å². The van der Waals surface area contributed by atoms with E-state index < -0.39 is 0 Å². The van der Waals surface area contributed by atoms with Gasteiger partial charge in [-0.05, 0) is 45.2 Å². The SMILES string of the molecule is CCN(C)C=Nc1cc(C)c(Cc2nc(C(=O)NC3CCCCC3)cs2)nc1C. The minimum absolute atomic E-state index is 0.0509. The van der Waals surface area contributed by atoms with E-state index in [0.29, 0.717) is 18.2 Å². The van der Waals surface area contributed by atoms with Gasteiger partial charge in [0, 0.05) is 31.4 Å². The molecule has 0 aliphatic heterocycles. The van der Waals surface area contributed by atoms with E-state index in [2.05, 4.69) is 35.2 Å². The number of hydrogen-bond donors (Lipinski definition) is 1. The zero-order valence-corrected chi connectivity index (χ0v) is 18.7. The predicted molar refractivity (Wildman–Crippen MR) is 119 cm³/mol. The summed E-state index contributed by atoms with van der Waals surface area (Å²) in [6, 6.07) is 2.37. The van der Waals surface area contributed by atoms with Gasteiger partial charge in [-0.3, -0.25) is 9.78 Å². The molecule has 1 aliphatic carbocycles. The maximum Gasteiger partial charge on any atom is 0.270 e. The van der Waals surface area contributed by atoms with Crippen molar-refractivity contribution < 1.29 is 4.79 Å². The minimum Gasteiger partial charge on any atom is -0.366 e. The average molecular weight is 414 g/mol. The number of carbonyl (C=O) groups excluding carboxylic acids is 1. The van der Waals surface area contributed by atoms with Crippen molar-refractivity contribution in [3.63, 3.8) is 0 Å². The van der Waals surface area contributed by atoms with Crippen LogP contribution in [0.15, 0.2) is 16.4 Å². The van der Waals surface area contributed by atoms with E-state index in [9.17, 15) is 4.79 Å². The van der Waals surface area contributed by atoms with Crippen molar-refractivity contribution in [2.24, 2.45) is 4.99 Å². The summed E-state index contributed by atoms with van der Waals surface area (Å²) in [7, 11) is 2.00. The smallest absolute Gasteiger partial charge is 0.270 e. The Morgan fingerprint density at radius 2 is 2.07 bits per heavy atom. The summed E-state index contributed by atoms with van der Waals surface area (Å²) in [6.45, 7) is 7.03. The number of aryl methyl sites for hydroxylation is 2. The van der Waals surface area contributed by atoms with Crippen LogP contribution in [0.1, 0.15) is 71.5 Å². The Morgan fingerprint density at radius 1 is 1.31 bits per heavy atom. The standard InChI is InChI=1S/C22H31N5OS/c1-5-27(4)14-23-19-11-15(2)18(24-16(19)3)12-21-26-20(13-29-21)22(28)25-17-9-7-6-8-10-17/h11,13-14,17H,5-10,12H2,1-4H3,(H,25,28). The Hall–Kier alpha value is -2.28. The maximum absolute atomic E-state index is 12.5. The molecule has 1 fully saturated rings. The quantitative estimate of drug-likeness (QED) is 0.539. The minimum atomic E-state index is -0.0509. The normalized spacial score (nSPS) is 15.0. The van der Waals surface area contributed by atoms with Crippen LogP contribution in [0.5, 0.6) is 0 Å². The average Bonchev–Trinajstić information content (AvgIpc) is 3.18. The van der Waals surface area contributed by atoms with Crippen LogP contribution in [0.2, 0.25) is 0 Å². The summed E-state index contributed by atoms with van der Waals surface area (Å²) in [5.74, 6) is -0.0509. The molecular formula is C22H31N5OS. The van der Waals surface area contributed by atoms with Crippen molar-refractivity contribution in [1.29, 1.82) is 0 Å². The molecule has 1 aliphatic rings. The summed E-state index contributed by atoms with van der Waals surface area (Å²) in [4.78, 5) is 28.4. The van der Waals surface area contributed by atoms with Crippen LogP contribution in [0.3, 0.4) is 0 Å². The molecule has 0 atom stereocenters. The second-order valence-corrected chi connectivity index (χ2v) is 8.73. The monoisotopic (exact) mass is 413 g/mol. The summed E-state index contributed by atoms with van der Waals surface area (Å²) in [6.07, 6.45) is 8.30. The number of nitrogens with zero attached hydrogens (tertiary/aromatic N) is 4. The number of thiazole rings is 1. The van der Waals surface area contributed by atoms with E-state index in [0.717, 1.165) is 47.0 Å². The fraction of sp³-hybridized carbons (Fsp3) is 0.545. The highest BCUT2D eigenvalue weighted by molar-refractivity contribution is 7.09. The van der Waals surface area contributed by atoms with E-state index in [1.54, 1.807) is 0 Å². The third-order valence-electron chi connectivity index (χ3n) is 5.42. The molecule has 156 valence electrons. The van der Waals surface area contributed by atoms with Crippen molar-refractivity contribution in [1.82, 2.24) is 20.2 Å². The molecule has 2 aromatic rings. The lowest BCUT2D eigenvalue weighted by Crippen LogP contribution is -2.36. The van der Waals surface area contributed by atoms with E-state index in [-0.39, 0.29) is 5.91 Å². The number of amides is 1. The highest BCUT2D eigenvalue weighted by atomic mass is 32.1. The Morgan fingerprint density at radius 3 is 2.79 bits per heavy atom. The van der Waals surface area contributed by atoms with Crippen molar-refractivity contribution in [3.8, 4) is 0 Å². The Balaban J connectivity index is 1.66. The van der Waals surface area contributed by atoms with E-state index in [1.165, 1.54) is 30.6 Å². The summed E-state index contributed by atoms with van der Waals surface area (Å²) in [5, 5.41) is 5.91. The fourth-order valence-electron chi connectivity index (χ4n) is 3.44. The van der Waals surface area contributed by atoms with Crippen molar-refractivity contribution in [3.05, 3.63) is 39.1 Å². The van der Waals surface area contributed by atoms with Crippen LogP contribution in [0.25, 0.3) is 0 Å². The van der Waals surface area contributed by atoms with Gasteiger partial charge >= 0.3 is 0 Å². The van der Waals surface area contributed by atoms with E-state index in [4.69, 9.17) is 4.98 Å². The van der Waals surface area contributed by atoms with Gasteiger partial charge in [0.25, 0.3) is 5.91 Å². The molecule has 3 rings (SSSR count). The van der Waals surface area contributed by atoms with Gasteiger partial charge in [-0.25, -0.2) is 9.98 Å². The Bertz CT molecular complexity index is 870. The Kier molecular flexibility index (Phi) is 7.36. The van der Waals surface area contributed by atoms with Crippen molar-refractivity contribution in [2.45, 2.75) is 65.3 Å². The number of hydrogen-bond acceptors (Lipinski definition) is 5. The molecule has 7 heteroatoms. The lowest BCUT2D eigenvalue weighted by atomic mass is 9.95. The highest BCUT2D eigenvalue weighted by Gasteiger charge is 2.19. The van der Waals surface area contributed by atoms with Gasteiger partial charge in [-0.15, -0.1) is 11.3 Å². The Labute approximate surface area is 177 Å². The van der Waals surface area contributed by atoms with Gasteiger partial charge in [-0.1, -0.05) is 19.3 Å². The van der Waals surface area contributed by atoms with Gasteiger partial charge in [0.1, 0.15) is 5.69 Å². The highest BCUT2D eigenvalue weighted by Crippen LogP contribution is 2.23. The van der Waals surface area contributed by atoms with Gasteiger partial charge < -0.3 is 10.2 Å². The fourth-order valence-corrected chi connectivity index (χ4v) is 4.22. The lowest BCUT2D eigenvalue weighted by Gasteiger charge is -2.22. The largest absolute Gasteiger partial charge is 0.366 e. The second kappa shape index (κ2) is 9.96. The first-order valence-corrected chi connectivity index (χ1v) is 11.3. The van der Waals surface area contributed by atoms with Crippen LogP contribution in [-0.4, -0.2) is 46.7 Å². The molecule has 1 N–H and O–H groups in total. The molecule has 0 radical (unpaired) electrons. The number of nitrogens with one attached hydrogen (secondary N) is 1. The third kappa shape index (κ3) is 5.85. The van der Waals surface area contributed by atoms with Crippen LogP contribution >= 0.6 is 11.3 Å². The molecule has 0 unspecified atom stereocenters. The molecule has 0 bridgehead atoms. The topological polar surface area (TPSA) is 70.5 Å². The van der Waals surface area contributed by atoms with Crippen molar-refractivity contribution >= 4 is 29.3 Å². The number of pyridine rings is 1. The number of aromatic nitrogens is 2. The van der Waals surface area contributed by atoms with Crippen molar-refractivity contribution in [2.75, 3.05) is 13.6 Å². The summed E-state index contributed by atoms with van der Waals surface area (Å²) >= 11 is 1.52. The summed E-state index contributed by atoms with van der Waals surface area (Å²) in [5.41, 5.74) is 4.38. The first-order valence-electron chi connectivity index (χ1n) is 10.4. The molecule has 0 saturated heterocycles. The molecular weight excluding hydrogens is 382 g/mol. The number of aliphatic imine (C=N–C) groups is 1. The number of rotatable bonds is 7. The first kappa shape index (κ1) is 21.4. The second-order valence-electron chi connectivity index (χ2n) is 7.79. The molecule has 1 amide bonds. The molecule has 29 heavy (non-hydrogen) atoms. The molecule has 6 nitrogen and oxygen atoms in total. The molecule has 2 heterocycles. The van der Waals surface area contributed by atoms with Crippen LogP contribution < -0.4 is 5.32 Å². The predicted octanol–water partition coefficient (Wildman–Crippen LogP) is 4.42. The van der Waals surface area contributed by atoms with Gasteiger partial charge in [0.2, 0.25) is 0 Å². The molecule has 1 saturated carbocycles.